The molecule has 0 fully saturated rings. The van der Waals surface area contributed by atoms with E-state index in [2.05, 4.69) is 31.0 Å². The molecule has 0 amide bonds. The van der Waals surface area contributed by atoms with E-state index in [1.807, 2.05) is 6.20 Å². The third-order valence-electron chi connectivity index (χ3n) is 4.03. The van der Waals surface area contributed by atoms with E-state index in [0.29, 0.717) is 0 Å². The van der Waals surface area contributed by atoms with Crippen LogP contribution in [0.1, 0.15) is 88.8 Å². The van der Waals surface area contributed by atoms with Gasteiger partial charge in [-0.15, -0.1) is 0 Å². The van der Waals surface area contributed by atoms with Crippen LogP contribution >= 0.6 is 0 Å². The maximum absolute atomic E-state index is 4.24. The van der Waals surface area contributed by atoms with Gasteiger partial charge < -0.3 is 0 Å². The minimum absolute atomic E-state index is 1.14. The second-order valence-corrected chi connectivity index (χ2v) is 6.09. The molecule has 0 aromatic carbocycles. The van der Waals surface area contributed by atoms with Crippen molar-refractivity contribution in [2.75, 3.05) is 0 Å². The zero-order valence-electron chi connectivity index (χ0n) is 13.7. The maximum atomic E-state index is 4.24. The largest absolute Gasteiger partial charge is 0.262 e. The summed E-state index contributed by atoms with van der Waals surface area (Å²) in [5.41, 5.74) is 2.60. The molecule has 0 unspecified atom stereocenters. The second-order valence-electron chi connectivity index (χ2n) is 6.09. The molecular weight excluding hydrogens is 242 g/mol. The van der Waals surface area contributed by atoms with Gasteiger partial charge in [0, 0.05) is 11.9 Å². The summed E-state index contributed by atoms with van der Waals surface area (Å²) in [5.74, 6) is 0. The van der Waals surface area contributed by atoms with Crippen LogP contribution in [-0.4, -0.2) is 4.98 Å². The van der Waals surface area contributed by atoms with Crippen LogP contribution in [0.15, 0.2) is 18.3 Å². The van der Waals surface area contributed by atoms with Crippen molar-refractivity contribution in [1.29, 1.82) is 0 Å². The first kappa shape index (κ1) is 17.2. The average Bonchev–Trinajstić information content (AvgIpc) is 2.45. The minimum Gasteiger partial charge on any atom is -0.262 e. The Hall–Kier alpha value is -0.850. The molecule has 1 aromatic rings. The zero-order chi connectivity index (χ0) is 14.5. The van der Waals surface area contributed by atoms with E-state index in [1.54, 1.807) is 0 Å². The van der Waals surface area contributed by atoms with Gasteiger partial charge in [0.25, 0.3) is 0 Å². The molecule has 0 bridgehead atoms. The van der Waals surface area contributed by atoms with Gasteiger partial charge in [-0.2, -0.15) is 0 Å². The Morgan fingerprint density at radius 2 is 1.35 bits per heavy atom. The highest BCUT2D eigenvalue weighted by Crippen LogP contribution is 2.13. The molecule has 0 aliphatic carbocycles. The van der Waals surface area contributed by atoms with Gasteiger partial charge in [0.1, 0.15) is 0 Å². The molecule has 1 heteroatoms. The SMILES string of the molecule is CCCCCCCCCCCCCc1ccnc(C)c1. The van der Waals surface area contributed by atoms with Crippen LogP contribution in [0.4, 0.5) is 0 Å². The molecule has 0 atom stereocenters. The summed E-state index contributed by atoms with van der Waals surface area (Å²) in [6.45, 7) is 4.36. The average molecular weight is 275 g/mol. The van der Waals surface area contributed by atoms with Gasteiger partial charge in [0.15, 0.2) is 0 Å². The Kier molecular flexibility index (Phi) is 10.3. The molecule has 0 saturated heterocycles. The van der Waals surface area contributed by atoms with Crippen LogP contribution in [0.3, 0.4) is 0 Å². The van der Waals surface area contributed by atoms with Crippen molar-refractivity contribution in [2.45, 2.75) is 90.9 Å². The molecule has 1 nitrogen and oxygen atoms in total. The Labute approximate surface area is 126 Å². The van der Waals surface area contributed by atoms with Crippen LogP contribution in [-0.2, 0) is 6.42 Å². The van der Waals surface area contributed by atoms with Crippen molar-refractivity contribution in [3.63, 3.8) is 0 Å². The molecule has 20 heavy (non-hydrogen) atoms. The van der Waals surface area contributed by atoms with E-state index in [1.165, 1.54) is 82.6 Å². The first-order valence-corrected chi connectivity index (χ1v) is 8.74. The fraction of sp³-hybridized carbons (Fsp3) is 0.737. The maximum Gasteiger partial charge on any atom is 0.0375 e. The van der Waals surface area contributed by atoms with Crippen LogP contribution < -0.4 is 0 Å². The first-order chi connectivity index (χ1) is 9.83. The topological polar surface area (TPSA) is 12.9 Å². The summed E-state index contributed by atoms with van der Waals surface area (Å²) in [4.78, 5) is 4.24. The highest BCUT2D eigenvalue weighted by Gasteiger charge is 1.96. The summed E-state index contributed by atoms with van der Waals surface area (Å²) >= 11 is 0. The lowest BCUT2D eigenvalue weighted by Gasteiger charge is -2.03. The third kappa shape index (κ3) is 9.12. The van der Waals surface area contributed by atoms with Gasteiger partial charge in [-0.05, 0) is 37.5 Å². The quantitative estimate of drug-likeness (QED) is 0.411. The van der Waals surface area contributed by atoms with Crippen molar-refractivity contribution >= 4 is 0 Å². The van der Waals surface area contributed by atoms with Crippen molar-refractivity contribution in [3.8, 4) is 0 Å². The van der Waals surface area contributed by atoms with Crippen molar-refractivity contribution < 1.29 is 0 Å². The van der Waals surface area contributed by atoms with E-state index in [-0.39, 0.29) is 0 Å². The van der Waals surface area contributed by atoms with Gasteiger partial charge in [-0.25, -0.2) is 0 Å². The summed E-state index contributed by atoms with van der Waals surface area (Å²) < 4.78 is 0. The highest BCUT2D eigenvalue weighted by molar-refractivity contribution is 5.15. The highest BCUT2D eigenvalue weighted by atomic mass is 14.6. The van der Waals surface area contributed by atoms with Gasteiger partial charge >= 0.3 is 0 Å². The van der Waals surface area contributed by atoms with Gasteiger partial charge in [-0.1, -0.05) is 71.1 Å². The molecule has 1 rings (SSSR count). The Balaban J connectivity index is 1.85. The van der Waals surface area contributed by atoms with Crippen molar-refractivity contribution in [2.24, 2.45) is 0 Å². The first-order valence-electron chi connectivity index (χ1n) is 8.74. The summed E-state index contributed by atoms with van der Waals surface area (Å²) in [6, 6.07) is 4.37. The number of pyridine rings is 1. The monoisotopic (exact) mass is 275 g/mol. The smallest absolute Gasteiger partial charge is 0.0375 e. The number of unbranched alkanes of at least 4 members (excludes halogenated alkanes) is 10. The van der Waals surface area contributed by atoms with Crippen molar-refractivity contribution in [1.82, 2.24) is 4.98 Å². The van der Waals surface area contributed by atoms with E-state index < -0.39 is 0 Å². The number of aryl methyl sites for hydroxylation is 2. The lowest BCUT2D eigenvalue weighted by molar-refractivity contribution is 0.549. The van der Waals surface area contributed by atoms with Crippen LogP contribution in [0.5, 0.6) is 0 Å². The number of rotatable bonds is 12. The molecule has 0 saturated carbocycles. The summed E-state index contributed by atoms with van der Waals surface area (Å²) in [5, 5.41) is 0. The molecule has 0 radical (unpaired) electrons. The molecule has 114 valence electrons. The van der Waals surface area contributed by atoms with Gasteiger partial charge in [-0.3, -0.25) is 4.98 Å². The zero-order valence-corrected chi connectivity index (χ0v) is 13.7. The Morgan fingerprint density at radius 1 is 0.800 bits per heavy atom. The third-order valence-corrected chi connectivity index (χ3v) is 4.03. The van der Waals surface area contributed by atoms with E-state index >= 15 is 0 Å². The second kappa shape index (κ2) is 11.9. The predicted molar refractivity (Wildman–Crippen MR) is 89.1 cm³/mol. The molecule has 1 heterocycles. The fourth-order valence-electron chi connectivity index (χ4n) is 2.75. The van der Waals surface area contributed by atoms with E-state index in [0.717, 1.165) is 5.69 Å². The normalized spacial score (nSPS) is 10.9. The lowest BCUT2D eigenvalue weighted by Crippen LogP contribution is -1.89. The molecule has 0 aliphatic heterocycles. The van der Waals surface area contributed by atoms with Crippen LogP contribution in [0.25, 0.3) is 0 Å². The van der Waals surface area contributed by atoms with E-state index in [9.17, 15) is 0 Å². The summed E-state index contributed by atoms with van der Waals surface area (Å²) in [7, 11) is 0. The predicted octanol–water partition coefficient (Wildman–Crippen LogP) is 6.24. The number of hydrogen-bond acceptors (Lipinski definition) is 1. The molecule has 0 N–H and O–H groups in total. The molecule has 0 aliphatic rings. The number of aromatic nitrogens is 1. The molecule has 0 spiro atoms. The Morgan fingerprint density at radius 3 is 1.90 bits per heavy atom. The van der Waals surface area contributed by atoms with Gasteiger partial charge in [0.2, 0.25) is 0 Å². The van der Waals surface area contributed by atoms with Crippen LogP contribution in [0, 0.1) is 6.92 Å². The van der Waals surface area contributed by atoms with Gasteiger partial charge in [0.05, 0.1) is 0 Å². The van der Waals surface area contributed by atoms with E-state index in [4.69, 9.17) is 0 Å². The number of hydrogen-bond donors (Lipinski definition) is 0. The fourth-order valence-corrected chi connectivity index (χ4v) is 2.75. The minimum atomic E-state index is 1.14. The summed E-state index contributed by atoms with van der Waals surface area (Å²) in [6.07, 6.45) is 18.8. The number of nitrogens with zero attached hydrogens (tertiary/aromatic N) is 1. The van der Waals surface area contributed by atoms with Crippen molar-refractivity contribution in [3.05, 3.63) is 29.6 Å². The standard InChI is InChI=1S/C19H33N/c1-3-4-5-6-7-8-9-10-11-12-13-14-19-15-16-20-18(2)17-19/h15-17H,3-14H2,1-2H3. The Bertz CT molecular complexity index is 332. The molecule has 1 aromatic heterocycles. The lowest BCUT2D eigenvalue weighted by atomic mass is 10.0. The van der Waals surface area contributed by atoms with Crippen LogP contribution in [0.2, 0.25) is 0 Å². The molecular formula is C19H33N.